The van der Waals surface area contributed by atoms with E-state index < -0.39 is 22.3 Å². The monoisotopic (exact) mass is 211 g/mol. The van der Waals surface area contributed by atoms with Crippen molar-refractivity contribution in [1.82, 2.24) is 4.31 Å². The smallest absolute Gasteiger partial charge is 0.332 e. The molecule has 0 aliphatic carbocycles. The molecule has 8 heteroatoms. The third-order valence-electron chi connectivity index (χ3n) is 1.19. The minimum atomic E-state index is -4.00. The maximum atomic E-state index is 10.9. The second-order valence-electron chi connectivity index (χ2n) is 2.48. The van der Waals surface area contributed by atoms with Gasteiger partial charge in [0.25, 0.3) is 0 Å². The number of carbonyl (C=O) groups excluding carboxylic acids is 1. The van der Waals surface area contributed by atoms with Gasteiger partial charge >= 0.3 is 16.3 Å². The second-order valence-corrected chi connectivity index (χ2v) is 4.24. The van der Waals surface area contributed by atoms with Crippen molar-refractivity contribution >= 4 is 16.3 Å². The molecule has 13 heavy (non-hydrogen) atoms. The summed E-state index contributed by atoms with van der Waals surface area (Å²) in [6, 6.07) is -1.12. The van der Waals surface area contributed by atoms with E-state index in [1.807, 2.05) is 0 Å². The van der Waals surface area contributed by atoms with Gasteiger partial charge in [0.2, 0.25) is 0 Å². The molecule has 0 aromatic carbocycles. The quantitative estimate of drug-likeness (QED) is 0.536. The topological polar surface area (TPSA) is 116 Å². The summed E-state index contributed by atoms with van der Waals surface area (Å²) in [5.41, 5.74) is 10.2. The molecule has 0 saturated heterocycles. The Labute approximate surface area is 76.9 Å². The van der Waals surface area contributed by atoms with Crippen molar-refractivity contribution in [3.8, 4) is 0 Å². The highest BCUT2D eigenvalue weighted by Gasteiger charge is 2.23. The van der Waals surface area contributed by atoms with E-state index in [9.17, 15) is 13.2 Å². The molecule has 0 bridgehead atoms. The first kappa shape index (κ1) is 12.3. The van der Waals surface area contributed by atoms with E-state index in [4.69, 9.17) is 11.5 Å². The molecule has 0 amide bonds. The Kier molecular flexibility index (Phi) is 4.27. The minimum absolute atomic E-state index is 0.165. The van der Waals surface area contributed by atoms with Gasteiger partial charge in [-0.15, -0.1) is 0 Å². The molecule has 7 nitrogen and oxygen atoms in total. The molecule has 0 rings (SSSR count). The summed E-state index contributed by atoms with van der Waals surface area (Å²) in [6.45, 7) is -0.165. The lowest BCUT2D eigenvalue weighted by molar-refractivity contribution is -0.135. The van der Waals surface area contributed by atoms with Crippen LogP contribution >= 0.6 is 0 Å². The second kappa shape index (κ2) is 4.51. The van der Waals surface area contributed by atoms with Gasteiger partial charge in [0.1, 0.15) is 6.04 Å². The highest BCUT2D eigenvalue weighted by Crippen LogP contribution is 1.98. The fourth-order valence-corrected chi connectivity index (χ4v) is 0.817. The van der Waals surface area contributed by atoms with Crippen LogP contribution < -0.4 is 11.5 Å². The van der Waals surface area contributed by atoms with Crippen molar-refractivity contribution in [2.24, 2.45) is 11.5 Å². The zero-order valence-electron chi connectivity index (χ0n) is 7.43. The summed E-state index contributed by atoms with van der Waals surface area (Å²) in [7, 11) is -1.54. The number of hydrogen-bond acceptors (Lipinski definition) is 6. The van der Waals surface area contributed by atoms with Gasteiger partial charge in [0.05, 0.1) is 0 Å². The summed E-state index contributed by atoms with van der Waals surface area (Å²) in [6.07, 6.45) is 0. The van der Waals surface area contributed by atoms with Crippen LogP contribution in [0, 0.1) is 0 Å². The predicted octanol–water partition coefficient (Wildman–Crippen LogP) is -2.38. The first-order valence-corrected chi connectivity index (χ1v) is 4.79. The molecule has 0 aromatic heterocycles. The number of rotatable bonds is 4. The van der Waals surface area contributed by atoms with E-state index in [-0.39, 0.29) is 6.54 Å². The van der Waals surface area contributed by atoms with Crippen molar-refractivity contribution in [3.05, 3.63) is 0 Å². The molecule has 1 atom stereocenters. The highest BCUT2D eigenvalue weighted by atomic mass is 32.2. The van der Waals surface area contributed by atoms with Gasteiger partial charge in [-0.25, -0.2) is 4.79 Å². The van der Waals surface area contributed by atoms with Crippen LogP contribution in [0.2, 0.25) is 0 Å². The fraction of sp³-hybridized carbons (Fsp3) is 0.800. The average molecular weight is 211 g/mol. The number of carbonyl (C=O) groups is 1. The first-order chi connectivity index (χ1) is 5.81. The molecule has 0 radical (unpaired) electrons. The molecule has 4 N–H and O–H groups in total. The Balaban J connectivity index is 4.38. The molecular weight excluding hydrogens is 198 g/mol. The Hall–Kier alpha value is -0.700. The Bertz CT molecular complexity index is 274. The largest absolute Gasteiger partial charge is 0.387 e. The lowest BCUT2D eigenvalue weighted by Gasteiger charge is -2.12. The first-order valence-electron chi connectivity index (χ1n) is 3.42. The standard InChI is InChI=1S/C5H13N3O4S/c1-8(2)13(10,11)12-5(9)4(7)3-6/h4H,3,6-7H2,1-2H3/t4-/m0/s1. The van der Waals surface area contributed by atoms with Crippen molar-refractivity contribution < 1.29 is 17.4 Å². The zero-order chi connectivity index (χ0) is 10.6. The van der Waals surface area contributed by atoms with E-state index >= 15 is 0 Å². The van der Waals surface area contributed by atoms with Gasteiger partial charge in [-0.3, -0.25) is 0 Å². The van der Waals surface area contributed by atoms with Crippen LogP contribution in [0.4, 0.5) is 0 Å². The van der Waals surface area contributed by atoms with Gasteiger partial charge in [-0.2, -0.15) is 12.7 Å². The third-order valence-corrected chi connectivity index (χ3v) is 2.46. The van der Waals surface area contributed by atoms with E-state index in [2.05, 4.69) is 4.18 Å². The van der Waals surface area contributed by atoms with Crippen LogP contribution in [0.3, 0.4) is 0 Å². The molecular formula is C5H13N3O4S. The van der Waals surface area contributed by atoms with Gasteiger partial charge in [0, 0.05) is 20.6 Å². The predicted molar refractivity (Wildman–Crippen MR) is 45.7 cm³/mol. The van der Waals surface area contributed by atoms with Crippen molar-refractivity contribution in [1.29, 1.82) is 0 Å². The van der Waals surface area contributed by atoms with Crippen LogP contribution in [0.1, 0.15) is 0 Å². The lowest BCUT2D eigenvalue weighted by atomic mass is 10.3. The average Bonchev–Trinajstić information content (AvgIpc) is 2.01. The van der Waals surface area contributed by atoms with Gasteiger partial charge < -0.3 is 15.7 Å². The molecule has 0 aliphatic heterocycles. The molecule has 0 fully saturated rings. The minimum Gasteiger partial charge on any atom is -0.332 e. The summed E-state index contributed by atoms with van der Waals surface area (Å²) < 4.78 is 26.8. The van der Waals surface area contributed by atoms with E-state index in [1.54, 1.807) is 0 Å². The number of nitrogens with two attached hydrogens (primary N) is 2. The summed E-state index contributed by atoms with van der Waals surface area (Å²) in [5, 5.41) is 0. The van der Waals surface area contributed by atoms with E-state index in [0.29, 0.717) is 0 Å². The highest BCUT2D eigenvalue weighted by molar-refractivity contribution is 7.84. The molecule has 0 saturated carbocycles. The Morgan fingerprint density at radius 3 is 2.31 bits per heavy atom. The number of hydrogen-bond donors (Lipinski definition) is 2. The summed E-state index contributed by atoms with van der Waals surface area (Å²) in [4.78, 5) is 10.9. The molecule has 0 heterocycles. The third kappa shape index (κ3) is 3.68. The molecule has 0 spiro atoms. The van der Waals surface area contributed by atoms with Gasteiger partial charge in [-0.05, 0) is 0 Å². The molecule has 78 valence electrons. The normalized spacial score (nSPS) is 14.2. The molecule has 0 aromatic rings. The van der Waals surface area contributed by atoms with Crippen LogP contribution in [-0.2, 0) is 19.3 Å². The van der Waals surface area contributed by atoms with Crippen molar-refractivity contribution in [2.75, 3.05) is 20.6 Å². The SMILES string of the molecule is CN(C)S(=O)(=O)OC(=O)[C@@H](N)CN. The van der Waals surface area contributed by atoms with Crippen molar-refractivity contribution in [3.63, 3.8) is 0 Å². The lowest BCUT2D eigenvalue weighted by Crippen LogP contribution is -2.41. The Morgan fingerprint density at radius 2 is 2.00 bits per heavy atom. The van der Waals surface area contributed by atoms with Crippen molar-refractivity contribution in [2.45, 2.75) is 6.04 Å². The number of nitrogens with zero attached hydrogens (tertiary/aromatic N) is 1. The molecule has 0 unspecified atom stereocenters. The van der Waals surface area contributed by atoms with Gasteiger partial charge in [-0.1, -0.05) is 0 Å². The maximum absolute atomic E-state index is 10.9. The zero-order valence-corrected chi connectivity index (χ0v) is 8.24. The van der Waals surface area contributed by atoms with Crippen LogP contribution in [0.15, 0.2) is 0 Å². The maximum Gasteiger partial charge on any atom is 0.387 e. The summed E-state index contributed by atoms with van der Waals surface area (Å²) in [5.74, 6) is -1.06. The van der Waals surface area contributed by atoms with E-state index in [0.717, 1.165) is 4.31 Å². The van der Waals surface area contributed by atoms with Crippen LogP contribution in [0.5, 0.6) is 0 Å². The Morgan fingerprint density at radius 1 is 1.54 bits per heavy atom. The van der Waals surface area contributed by atoms with E-state index in [1.165, 1.54) is 14.1 Å². The molecule has 0 aliphatic rings. The fourth-order valence-electron chi connectivity index (χ4n) is 0.336. The summed E-state index contributed by atoms with van der Waals surface area (Å²) >= 11 is 0. The van der Waals surface area contributed by atoms with Gasteiger partial charge in [0.15, 0.2) is 0 Å². The van der Waals surface area contributed by atoms with Crippen LogP contribution in [0.25, 0.3) is 0 Å². The van der Waals surface area contributed by atoms with Crippen LogP contribution in [-0.4, -0.2) is 45.4 Å².